The molecule has 4 nitrogen and oxygen atoms in total. The van der Waals surface area contributed by atoms with E-state index in [1.807, 2.05) is 25.1 Å². The van der Waals surface area contributed by atoms with Crippen LogP contribution in [0.25, 0.3) is 0 Å². The number of halogens is 4. The minimum Gasteiger partial charge on any atom is -0.487 e. The summed E-state index contributed by atoms with van der Waals surface area (Å²) < 4.78 is 20.5. The van der Waals surface area contributed by atoms with Gasteiger partial charge in [0.15, 0.2) is 0 Å². The minimum atomic E-state index is -1.95. The van der Waals surface area contributed by atoms with E-state index < -0.39 is 12.1 Å². The molecule has 0 saturated heterocycles. The van der Waals surface area contributed by atoms with Crippen molar-refractivity contribution < 1.29 is 19.0 Å². The Morgan fingerprint density at radius 2 is 1.88 bits per heavy atom. The average Bonchev–Trinajstić information content (AvgIpc) is 2.53. The van der Waals surface area contributed by atoms with E-state index in [0.717, 1.165) is 17.8 Å². The quantitative estimate of drug-likeness (QED) is 0.469. The van der Waals surface area contributed by atoms with Crippen LogP contribution in [0.1, 0.15) is 18.1 Å². The molecule has 2 aromatic rings. The van der Waals surface area contributed by atoms with Crippen LogP contribution in [0.2, 0.25) is 5.02 Å². The first kappa shape index (κ1) is 21.0. The SMILES string of the molecule is CCNc1cc(Cl)cc(COc2c(Br)cc(CC(F)C(=O)O)cc2Br)c1. The number of anilines is 1. The molecule has 2 rings (SSSR count). The molecule has 1 unspecified atom stereocenters. The first-order valence-corrected chi connectivity index (χ1v) is 9.77. The van der Waals surface area contributed by atoms with Crippen molar-refractivity contribution >= 4 is 55.1 Å². The molecule has 0 amide bonds. The van der Waals surface area contributed by atoms with Crippen LogP contribution in [0.4, 0.5) is 10.1 Å². The van der Waals surface area contributed by atoms with Crippen LogP contribution >= 0.6 is 43.5 Å². The second-order valence-electron chi connectivity index (χ2n) is 5.57. The third kappa shape index (κ3) is 5.86. The van der Waals surface area contributed by atoms with Crippen molar-refractivity contribution in [3.8, 4) is 5.75 Å². The van der Waals surface area contributed by atoms with Crippen LogP contribution in [-0.4, -0.2) is 23.8 Å². The molecule has 0 spiro atoms. The van der Waals surface area contributed by atoms with E-state index >= 15 is 0 Å². The third-order valence-electron chi connectivity index (χ3n) is 3.46. The van der Waals surface area contributed by atoms with Gasteiger partial charge in [-0.15, -0.1) is 0 Å². The second kappa shape index (κ2) is 9.58. The number of hydrogen-bond acceptors (Lipinski definition) is 3. The number of rotatable bonds is 8. The number of carboxylic acids is 1. The fourth-order valence-electron chi connectivity index (χ4n) is 2.36. The van der Waals surface area contributed by atoms with Gasteiger partial charge in [-0.1, -0.05) is 11.6 Å². The summed E-state index contributed by atoms with van der Waals surface area (Å²) in [6.07, 6.45) is -2.16. The number of carboxylic acid groups (broad SMARTS) is 1. The van der Waals surface area contributed by atoms with Crippen molar-refractivity contribution in [2.45, 2.75) is 26.1 Å². The number of ether oxygens (including phenoxy) is 1. The number of alkyl halides is 1. The molecule has 1 atom stereocenters. The maximum Gasteiger partial charge on any atom is 0.338 e. The lowest BCUT2D eigenvalue weighted by atomic mass is 10.1. The Labute approximate surface area is 173 Å². The predicted molar refractivity (Wildman–Crippen MR) is 108 cm³/mol. The number of benzene rings is 2. The fraction of sp³-hybridized carbons (Fsp3) is 0.278. The number of nitrogens with one attached hydrogen (secondary N) is 1. The van der Waals surface area contributed by atoms with Crippen LogP contribution in [0.15, 0.2) is 39.3 Å². The molecule has 0 saturated carbocycles. The maximum atomic E-state index is 13.4. The molecule has 0 aliphatic carbocycles. The zero-order chi connectivity index (χ0) is 19.3. The summed E-state index contributed by atoms with van der Waals surface area (Å²) in [5.41, 5.74) is 2.35. The van der Waals surface area contributed by atoms with Gasteiger partial charge in [0, 0.05) is 23.7 Å². The molecule has 0 bridgehead atoms. The molecular weight excluding hydrogens is 492 g/mol. The maximum absolute atomic E-state index is 13.4. The molecule has 140 valence electrons. The number of carbonyl (C=O) groups is 1. The van der Waals surface area contributed by atoms with Gasteiger partial charge in [0.05, 0.1) is 8.95 Å². The van der Waals surface area contributed by atoms with Crippen LogP contribution in [0.3, 0.4) is 0 Å². The highest BCUT2D eigenvalue weighted by Gasteiger charge is 2.18. The van der Waals surface area contributed by atoms with E-state index in [-0.39, 0.29) is 13.0 Å². The van der Waals surface area contributed by atoms with Gasteiger partial charge in [-0.2, -0.15) is 0 Å². The fourth-order valence-corrected chi connectivity index (χ4v) is 4.13. The highest BCUT2D eigenvalue weighted by molar-refractivity contribution is 9.11. The second-order valence-corrected chi connectivity index (χ2v) is 7.71. The smallest absolute Gasteiger partial charge is 0.338 e. The lowest BCUT2D eigenvalue weighted by Crippen LogP contribution is -2.17. The third-order valence-corrected chi connectivity index (χ3v) is 4.86. The zero-order valence-electron chi connectivity index (χ0n) is 13.9. The monoisotopic (exact) mass is 507 g/mol. The molecular formula is C18H17Br2ClFNO3. The topological polar surface area (TPSA) is 58.6 Å². The molecule has 0 aromatic heterocycles. The standard InChI is InChI=1S/C18H17Br2ClFNO3/c1-2-23-13-4-11(3-12(21)8-13)9-26-17-14(19)5-10(6-15(17)20)7-16(22)18(24)25/h3-6,8,16,23H,2,7,9H2,1H3,(H,24,25). The van der Waals surface area contributed by atoms with E-state index in [0.29, 0.717) is 25.3 Å². The van der Waals surface area contributed by atoms with Crippen LogP contribution in [0, 0.1) is 0 Å². The van der Waals surface area contributed by atoms with Gasteiger partial charge in [0.1, 0.15) is 12.4 Å². The highest BCUT2D eigenvalue weighted by Crippen LogP contribution is 2.36. The zero-order valence-corrected chi connectivity index (χ0v) is 17.8. The largest absolute Gasteiger partial charge is 0.487 e. The summed E-state index contributed by atoms with van der Waals surface area (Å²) >= 11 is 12.9. The van der Waals surface area contributed by atoms with Crippen LogP contribution in [-0.2, 0) is 17.8 Å². The van der Waals surface area contributed by atoms with Crippen molar-refractivity contribution in [1.29, 1.82) is 0 Å². The normalized spacial score (nSPS) is 11.9. The average molecular weight is 510 g/mol. The number of hydrogen-bond donors (Lipinski definition) is 2. The Morgan fingerprint density at radius 1 is 1.23 bits per heavy atom. The Morgan fingerprint density at radius 3 is 2.46 bits per heavy atom. The van der Waals surface area contributed by atoms with Gasteiger partial charge >= 0.3 is 5.97 Å². The summed E-state index contributed by atoms with van der Waals surface area (Å²) in [7, 11) is 0. The summed E-state index contributed by atoms with van der Waals surface area (Å²) in [5, 5.41) is 12.5. The van der Waals surface area contributed by atoms with Crippen molar-refractivity contribution in [2.75, 3.05) is 11.9 Å². The van der Waals surface area contributed by atoms with Crippen LogP contribution < -0.4 is 10.1 Å². The van der Waals surface area contributed by atoms with Gasteiger partial charge in [0.25, 0.3) is 0 Å². The van der Waals surface area contributed by atoms with Crippen LogP contribution in [0.5, 0.6) is 5.75 Å². The molecule has 0 heterocycles. The molecule has 8 heteroatoms. The van der Waals surface area contributed by atoms with Gasteiger partial charge in [0.2, 0.25) is 6.17 Å². The van der Waals surface area contributed by atoms with Crippen molar-refractivity contribution in [3.63, 3.8) is 0 Å². The molecule has 26 heavy (non-hydrogen) atoms. The van der Waals surface area contributed by atoms with E-state index in [1.54, 1.807) is 12.1 Å². The Balaban J connectivity index is 2.14. The Bertz CT molecular complexity index is 781. The molecule has 0 aliphatic rings. The molecule has 2 aromatic carbocycles. The predicted octanol–water partition coefficient (Wildman–Crippen LogP) is 5.84. The summed E-state index contributed by atoms with van der Waals surface area (Å²) in [6, 6.07) is 8.91. The molecule has 0 radical (unpaired) electrons. The molecule has 0 fully saturated rings. The van der Waals surface area contributed by atoms with E-state index in [4.69, 9.17) is 21.4 Å². The van der Waals surface area contributed by atoms with Gasteiger partial charge in [-0.3, -0.25) is 0 Å². The summed E-state index contributed by atoms with van der Waals surface area (Å²) in [5.74, 6) is -0.931. The van der Waals surface area contributed by atoms with Crippen molar-refractivity contribution in [1.82, 2.24) is 0 Å². The van der Waals surface area contributed by atoms with Gasteiger partial charge in [-0.25, -0.2) is 9.18 Å². The van der Waals surface area contributed by atoms with E-state index in [1.165, 1.54) is 0 Å². The van der Waals surface area contributed by atoms with Gasteiger partial charge in [-0.05, 0) is 80.2 Å². The first-order valence-electron chi connectivity index (χ1n) is 7.81. The minimum absolute atomic E-state index is 0.215. The lowest BCUT2D eigenvalue weighted by Gasteiger charge is -2.14. The van der Waals surface area contributed by atoms with Crippen molar-refractivity contribution in [2.24, 2.45) is 0 Å². The van der Waals surface area contributed by atoms with Gasteiger partial charge < -0.3 is 15.2 Å². The highest BCUT2D eigenvalue weighted by atomic mass is 79.9. The Hall–Kier alpha value is -1.31. The summed E-state index contributed by atoms with van der Waals surface area (Å²) in [6.45, 7) is 3.07. The molecule has 2 N–H and O–H groups in total. The Kier molecular flexibility index (Phi) is 7.73. The lowest BCUT2D eigenvalue weighted by molar-refractivity contribution is -0.142. The van der Waals surface area contributed by atoms with Crippen molar-refractivity contribution in [3.05, 3.63) is 55.4 Å². The summed E-state index contributed by atoms with van der Waals surface area (Å²) in [4.78, 5) is 10.7. The van der Waals surface area contributed by atoms with E-state index in [9.17, 15) is 9.18 Å². The number of aliphatic carboxylic acids is 1. The molecule has 0 aliphatic heterocycles. The van der Waals surface area contributed by atoms with E-state index in [2.05, 4.69) is 37.2 Å². The first-order chi connectivity index (χ1) is 12.3.